The Morgan fingerprint density at radius 3 is 2.62 bits per heavy atom. The van der Waals surface area contributed by atoms with Crippen LogP contribution in [0.1, 0.15) is 12.5 Å². The zero-order chi connectivity index (χ0) is 21.4. The minimum Gasteiger partial charge on any atom is -0.476 e. The molecule has 1 aliphatic heterocycles. The molecule has 11 heteroatoms. The molecule has 6 nitrogen and oxygen atoms in total. The molecule has 0 spiro atoms. The predicted octanol–water partition coefficient (Wildman–Crippen LogP) is 3.91. The number of para-hydroxylation sites is 2. The molecule has 0 saturated carbocycles. The molecule has 2 aromatic rings. The van der Waals surface area contributed by atoms with Crippen molar-refractivity contribution in [2.45, 2.75) is 19.2 Å². The molecule has 0 aromatic heterocycles. The molecule has 1 aliphatic rings. The standard InChI is InChI=1S/C18H16ClF3N2O4S/c1-2-29(26,27)24-10-16(28-15-6-4-3-5-14(15)24)17(25)23-13-8-7-11(19)9-12(13)18(20,21)22/h3-9,16H,2,10H2,1H3,(H,23,25)/t16-/m0/s1. The van der Waals surface area contributed by atoms with Gasteiger partial charge in [0, 0.05) is 5.02 Å². The number of benzene rings is 2. The van der Waals surface area contributed by atoms with Crippen molar-refractivity contribution in [2.24, 2.45) is 0 Å². The zero-order valence-corrected chi connectivity index (χ0v) is 16.6. The van der Waals surface area contributed by atoms with Gasteiger partial charge in [-0.1, -0.05) is 23.7 Å². The third-order valence-corrected chi connectivity index (χ3v) is 6.25. The van der Waals surface area contributed by atoms with Gasteiger partial charge in [-0.25, -0.2) is 8.42 Å². The van der Waals surface area contributed by atoms with Crippen LogP contribution in [0, 0.1) is 0 Å². The Kier molecular flexibility index (Phi) is 5.68. The van der Waals surface area contributed by atoms with Crippen LogP contribution in [-0.4, -0.2) is 32.7 Å². The molecule has 0 aliphatic carbocycles. The van der Waals surface area contributed by atoms with Crippen molar-refractivity contribution in [1.82, 2.24) is 0 Å². The van der Waals surface area contributed by atoms with Crippen LogP contribution in [-0.2, 0) is 21.0 Å². The highest BCUT2D eigenvalue weighted by molar-refractivity contribution is 7.92. The SMILES string of the molecule is CCS(=O)(=O)N1C[C@@H](C(=O)Nc2ccc(Cl)cc2C(F)(F)F)Oc2ccccc21. The van der Waals surface area contributed by atoms with E-state index in [9.17, 15) is 26.4 Å². The van der Waals surface area contributed by atoms with Gasteiger partial charge >= 0.3 is 6.18 Å². The molecule has 0 unspecified atom stereocenters. The van der Waals surface area contributed by atoms with Crippen molar-refractivity contribution in [3.8, 4) is 5.75 Å². The van der Waals surface area contributed by atoms with Crippen LogP contribution in [0.3, 0.4) is 0 Å². The van der Waals surface area contributed by atoms with Gasteiger partial charge in [0.2, 0.25) is 10.0 Å². The number of nitrogens with zero attached hydrogens (tertiary/aromatic N) is 1. The minimum absolute atomic E-state index is 0.140. The molecule has 29 heavy (non-hydrogen) atoms. The monoisotopic (exact) mass is 448 g/mol. The third kappa shape index (κ3) is 4.43. The van der Waals surface area contributed by atoms with Gasteiger partial charge in [0.05, 0.1) is 29.2 Å². The Balaban J connectivity index is 1.92. The normalized spacial score (nSPS) is 16.7. The first kappa shape index (κ1) is 21.3. The summed E-state index contributed by atoms with van der Waals surface area (Å²) in [5, 5.41) is 2.03. The van der Waals surface area contributed by atoms with Crippen LogP contribution >= 0.6 is 11.6 Å². The van der Waals surface area contributed by atoms with Crippen LogP contribution in [0.15, 0.2) is 42.5 Å². The average molecular weight is 449 g/mol. The van der Waals surface area contributed by atoms with Crippen molar-refractivity contribution in [3.63, 3.8) is 0 Å². The van der Waals surface area contributed by atoms with Crippen LogP contribution in [0.2, 0.25) is 5.02 Å². The maximum atomic E-state index is 13.3. The Hall–Kier alpha value is -2.46. The molecule has 3 rings (SSSR count). The largest absolute Gasteiger partial charge is 0.476 e. The first-order valence-corrected chi connectivity index (χ1v) is 10.5. The van der Waals surface area contributed by atoms with E-state index in [0.29, 0.717) is 6.07 Å². The minimum atomic E-state index is -4.74. The number of carbonyl (C=O) groups is 1. The number of sulfonamides is 1. The van der Waals surface area contributed by atoms with Gasteiger partial charge in [0.1, 0.15) is 5.75 Å². The van der Waals surface area contributed by atoms with Crippen molar-refractivity contribution in [2.75, 3.05) is 21.9 Å². The molecule has 1 atom stereocenters. The van der Waals surface area contributed by atoms with Crippen molar-refractivity contribution in [1.29, 1.82) is 0 Å². The lowest BCUT2D eigenvalue weighted by atomic mass is 10.1. The lowest BCUT2D eigenvalue weighted by Crippen LogP contribution is -2.49. The van der Waals surface area contributed by atoms with E-state index in [-0.39, 0.29) is 28.8 Å². The second kappa shape index (κ2) is 7.75. The Morgan fingerprint density at radius 1 is 1.28 bits per heavy atom. The Morgan fingerprint density at radius 2 is 1.97 bits per heavy atom. The van der Waals surface area contributed by atoms with Gasteiger partial charge in [0.15, 0.2) is 6.10 Å². The zero-order valence-electron chi connectivity index (χ0n) is 15.0. The van der Waals surface area contributed by atoms with E-state index in [1.165, 1.54) is 25.1 Å². The fraction of sp³-hybridized carbons (Fsp3) is 0.278. The lowest BCUT2D eigenvalue weighted by Gasteiger charge is -2.34. The maximum Gasteiger partial charge on any atom is 0.418 e. The topological polar surface area (TPSA) is 75.7 Å². The summed E-state index contributed by atoms with van der Waals surface area (Å²) in [5.74, 6) is -0.989. The van der Waals surface area contributed by atoms with E-state index in [0.717, 1.165) is 10.4 Å². The Bertz CT molecular complexity index is 1040. The molecule has 1 N–H and O–H groups in total. The molecule has 156 valence electrons. The lowest BCUT2D eigenvalue weighted by molar-refractivity contribution is -0.137. The van der Waals surface area contributed by atoms with E-state index >= 15 is 0 Å². The van der Waals surface area contributed by atoms with Crippen LogP contribution < -0.4 is 14.4 Å². The van der Waals surface area contributed by atoms with E-state index < -0.39 is 39.5 Å². The highest BCUT2D eigenvalue weighted by Gasteiger charge is 2.38. The summed E-state index contributed by atoms with van der Waals surface area (Å²) in [6, 6.07) is 9.15. The van der Waals surface area contributed by atoms with Crippen LogP contribution in [0.25, 0.3) is 0 Å². The number of anilines is 2. The van der Waals surface area contributed by atoms with Gasteiger partial charge in [-0.05, 0) is 37.3 Å². The predicted molar refractivity (Wildman–Crippen MR) is 103 cm³/mol. The number of alkyl halides is 3. The van der Waals surface area contributed by atoms with Crippen LogP contribution in [0.5, 0.6) is 5.75 Å². The fourth-order valence-corrected chi connectivity index (χ4v) is 4.13. The fourth-order valence-electron chi connectivity index (χ4n) is 2.83. The molecule has 0 radical (unpaired) electrons. The molecule has 2 aromatic carbocycles. The number of hydrogen-bond donors (Lipinski definition) is 1. The second-order valence-corrected chi connectivity index (χ2v) is 8.80. The van der Waals surface area contributed by atoms with Gasteiger partial charge in [-0.2, -0.15) is 13.2 Å². The highest BCUT2D eigenvalue weighted by atomic mass is 35.5. The number of halogens is 4. The number of carbonyl (C=O) groups excluding carboxylic acids is 1. The summed E-state index contributed by atoms with van der Waals surface area (Å²) in [6.45, 7) is 1.08. The van der Waals surface area contributed by atoms with E-state index in [1.807, 2.05) is 0 Å². The van der Waals surface area contributed by atoms with E-state index in [2.05, 4.69) is 5.32 Å². The summed E-state index contributed by atoms with van der Waals surface area (Å²) < 4.78 is 71.2. The number of rotatable bonds is 4. The van der Waals surface area contributed by atoms with Gasteiger partial charge < -0.3 is 10.1 Å². The van der Waals surface area contributed by atoms with Crippen molar-refractivity contribution < 1.29 is 31.1 Å². The summed E-state index contributed by atoms with van der Waals surface area (Å²) >= 11 is 5.64. The molecule has 0 bridgehead atoms. The van der Waals surface area contributed by atoms with E-state index in [4.69, 9.17) is 16.3 Å². The number of ether oxygens (including phenoxy) is 1. The molecule has 1 amide bonds. The molecular formula is C18H16ClF3N2O4S. The van der Waals surface area contributed by atoms with Gasteiger partial charge in [-0.15, -0.1) is 0 Å². The molecule has 0 saturated heterocycles. The van der Waals surface area contributed by atoms with Crippen molar-refractivity contribution in [3.05, 3.63) is 53.1 Å². The number of amides is 1. The van der Waals surface area contributed by atoms with Crippen molar-refractivity contribution >= 4 is 38.9 Å². The molecule has 1 heterocycles. The van der Waals surface area contributed by atoms with Crippen LogP contribution in [0.4, 0.5) is 24.5 Å². The number of nitrogens with one attached hydrogen (secondary N) is 1. The van der Waals surface area contributed by atoms with Gasteiger partial charge in [-0.3, -0.25) is 9.10 Å². The smallest absolute Gasteiger partial charge is 0.418 e. The summed E-state index contributed by atoms with van der Waals surface area (Å²) in [6.07, 6.45) is -6.09. The average Bonchev–Trinajstić information content (AvgIpc) is 2.67. The maximum absolute atomic E-state index is 13.3. The highest BCUT2D eigenvalue weighted by Crippen LogP contribution is 2.38. The van der Waals surface area contributed by atoms with E-state index in [1.54, 1.807) is 12.1 Å². The quantitative estimate of drug-likeness (QED) is 0.769. The summed E-state index contributed by atoms with van der Waals surface area (Å²) in [4.78, 5) is 12.6. The first-order chi connectivity index (χ1) is 13.5. The second-order valence-electron chi connectivity index (χ2n) is 6.18. The number of fused-ring (bicyclic) bond motifs is 1. The summed E-state index contributed by atoms with van der Waals surface area (Å²) in [5.41, 5.74) is -1.35. The number of hydrogen-bond acceptors (Lipinski definition) is 4. The first-order valence-electron chi connectivity index (χ1n) is 8.46. The van der Waals surface area contributed by atoms with Gasteiger partial charge in [0.25, 0.3) is 5.91 Å². The molecule has 0 fully saturated rings. The third-order valence-electron chi connectivity index (χ3n) is 4.27. The Labute approximate surface area is 170 Å². The summed E-state index contributed by atoms with van der Waals surface area (Å²) in [7, 11) is -3.74. The molecular weight excluding hydrogens is 433 g/mol.